The van der Waals surface area contributed by atoms with Crippen molar-refractivity contribution in [1.82, 2.24) is 5.32 Å². The lowest BCUT2D eigenvalue weighted by atomic mass is 10.1. The minimum Gasteiger partial charge on any atom is -0.481 e. The van der Waals surface area contributed by atoms with Crippen molar-refractivity contribution in [1.29, 1.82) is 0 Å². The van der Waals surface area contributed by atoms with Crippen LogP contribution in [0, 0.1) is 11.8 Å². The minimum atomic E-state index is -0.795. The van der Waals surface area contributed by atoms with Gasteiger partial charge in [0.2, 0.25) is 5.91 Å². The van der Waals surface area contributed by atoms with Crippen molar-refractivity contribution in [2.45, 2.75) is 26.7 Å². The van der Waals surface area contributed by atoms with E-state index in [4.69, 9.17) is 10.8 Å². The van der Waals surface area contributed by atoms with Crippen LogP contribution >= 0.6 is 0 Å². The summed E-state index contributed by atoms with van der Waals surface area (Å²) in [6, 6.07) is 0. The number of nitrogens with one attached hydrogen (secondary N) is 1. The molecule has 15 heavy (non-hydrogen) atoms. The number of amides is 1. The van der Waals surface area contributed by atoms with Gasteiger partial charge < -0.3 is 16.2 Å². The van der Waals surface area contributed by atoms with Crippen molar-refractivity contribution in [2.24, 2.45) is 17.6 Å². The van der Waals surface area contributed by atoms with E-state index in [0.29, 0.717) is 25.9 Å². The number of carboxylic acid groups (broad SMARTS) is 1. The second-order valence-corrected chi connectivity index (χ2v) is 3.81. The monoisotopic (exact) mass is 216 g/mol. The van der Waals surface area contributed by atoms with Crippen LogP contribution in [0.25, 0.3) is 0 Å². The maximum atomic E-state index is 11.2. The Balaban J connectivity index is 3.54. The van der Waals surface area contributed by atoms with E-state index in [-0.39, 0.29) is 17.7 Å². The van der Waals surface area contributed by atoms with Gasteiger partial charge in [-0.1, -0.05) is 13.8 Å². The summed E-state index contributed by atoms with van der Waals surface area (Å²) in [5, 5.41) is 11.3. The Kier molecular flexibility index (Phi) is 6.70. The standard InChI is InChI=1S/C10H20N2O3/c1-7(10(14)15)4-3-5-12-9(13)8(2)6-11/h7-8H,3-6,11H2,1-2H3,(H,12,13)(H,14,15). The summed E-state index contributed by atoms with van der Waals surface area (Å²) in [5.74, 6) is -1.40. The van der Waals surface area contributed by atoms with Crippen LogP contribution < -0.4 is 11.1 Å². The van der Waals surface area contributed by atoms with E-state index in [1.54, 1.807) is 13.8 Å². The molecule has 0 saturated heterocycles. The first-order valence-electron chi connectivity index (χ1n) is 5.19. The Morgan fingerprint density at radius 1 is 1.33 bits per heavy atom. The molecule has 0 fully saturated rings. The van der Waals surface area contributed by atoms with Gasteiger partial charge in [0.15, 0.2) is 0 Å². The average molecular weight is 216 g/mol. The fourth-order valence-electron chi connectivity index (χ4n) is 1.02. The van der Waals surface area contributed by atoms with Crippen molar-refractivity contribution in [3.05, 3.63) is 0 Å². The molecule has 2 unspecified atom stereocenters. The SMILES string of the molecule is CC(CCCNC(=O)C(C)CN)C(=O)O. The number of hydrogen-bond acceptors (Lipinski definition) is 3. The fraction of sp³-hybridized carbons (Fsp3) is 0.800. The molecule has 2 atom stereocenters. The van der Waals surface area contributed by atoms with Gasteiger partial charge in [-0.15, -0.1) is 0 Å². The van der Waals surface area contributed by atoms with E-state index >= 15 is 0 Å². The van der Waals surface area contributed by atoms with Crippen molar-refractivity contribution in [3.63, 3.8) is 0 Å². The van der Waals surface area contributed by atoms with Crippen molar-refractivity contribution in [2.75, 3.05) is 13.1 Å². The first kappa shape index (κ1) is 13.9. The summed E-state index contributed by atoms with van der Waals surface area (Å²) >= 11 is 0. The molecule has 88 valence electrons. The first-order valence-corrected chi connectivity index (χ1v) is 5.19. The molecule has 0 aliphatic carbocycles. The molecule has 0 saturated carbocycles. The van der Waals surface area contributed by atoms with Gasteiger partial charge in [-0.3, -0.25) is 9.59 Å². The van der Waals surface area contributed by atoms with E-state index in [1.807, 2.05) is 0 Å². The lowest BCUT2D eigenvalue weighted by molar-refractivity contribution is -0.141. The zero-order chi connectivity index (χ0) is 11.8. The molecule has 0 rings (SSSR count). The van der Waals surface area contributed by atoms with E-state index in [1.165, 1.54) is 0 Å². The summed E-state index contributed by atoms with van der Waals surface area (Å²) in [6.45, 7) is 4.26. The molecule has 0 aromatic rings. The Labute approximate surface area is 90.0 Å². The summed E-state index contributed by atoms with van der Waals surface area (Å²) < 4.78 is 0. The van der Waals surface area contributed by atoms with Gasteiger partial charge in [-0.05, 0) is 12.8 Å². The predicted molar refractivity (Wildman–Crippen MR) is 57.3 cm³/mol. The number of carbonyl (C=O) groups excluding carboxylic acids is 1. The highest BCUT2D eigenvalue weighted by Gasteiger charge is 2.12. The lowest BCUT2D eigenvalue weighted by Gasteiger charge is -2.10. The minimum absolute atomic E-state index is 0.0690. The zero-order valence-electron chi connectivity index (χ0n) is 9.32. The molecule has 0 heterocycles. The molecule has 5 heteroatoms. The van der Waals surface area contributed by atoms with Crippen LogP contribution in [0.2, 0.25) is 0 Å². The maximum absolute atomic E-state index is 11.2. The molecule has 0 aromatic heterocycles. The zero-order valence-corrected chi connectivity index (χ0v) is 9.32. The topological polar surface area (TPSA) is 92.4 Å². The van der Waals surface area contributed by atoms with Crippen molar-refractivity contribution >= 4 is 11.9 Å². The number of hydrogen-bond donors (Lipinski definition) is 3. The molecule has 0 bridgehead atoms. The first-order chi connectivity index (χ1) is 6.99. The molecule has 0 radical (unpaired) electrons. The number of aliphatic carboxylic acids is 1. The number of carbonyl (C=O) groups is 2. The summed E-state index contributed by atoms with van der Waals surface area (Å²) in [6.07, 6.45) is 1.25. The van der Waals surface area contributed by atoms with Gasteiger partial charge >= 0.3 is 5.97 Å². The van der Waals surface area contributed by atoms with Gasteiger partial charge in [0.25, 0.3) is 0 Å². The summed E-state index contributed by atoms with van der Waals surface area (Å²) in [7, 11) is 0. The smallest absolute Gasteiger partial charge is 0.306 e. The van der Waals surface area contributed by atoms with E-state index in [2.05, 4.69) is 5.32 Å². The summed E-state index contributed by atoms with van der Waals surface area (Å²) in [5.41, 5.74) is 5.33. The van der Waals surface area contributed by atoms with Gasteiger partial charge in [-0.2, -0.15) is 0 Å². The van der Waals surface area contributed by atoms with Crippen molar-refractivity contribution in [3.8, 4) is 0 Å². The molecule has 0 aliphatic rings. The molecule has 1 amide bonds. The Bertz CT molecular complexity index is 219. The highest BCUT2D eigenvalue weighted by atomic mass is 16.4. The molecule has 4 N–H and O–H groups in total. The van der Waals surface area contributed by atoms with Crippen LogP contribution in [-0.2, 0) is 9.59 Å². The lowest BCUT2D eigenvalue weighted by Crippen LogP contribution is -2.34. The highest BCUT2D eigenvalue weighted by Crippen LogP contribution is 2.04. The van der Waals surface area contributed by atoms with Crippen LogP contribution in [0.3, 0.4) is 0 Å². The van der Waals surface area contributed by atoms with Crippen LogP contribution in [0.1, 0.15) is 26.7 Å². The predicted octanol–water partition coefficient (Wildman–Crippen LogP) is 0.198. The molecular weight excluding hydrogens is 196 g/mol. The quantitative estimate of drug-likeness (QED) is 0.530. The number of carboxylic acids is 1. The number of rotatable bonds is 7. The Morgan fingerprint density at radius 3 is 2.40 bits per heavy atom. The molecule has 0 spiro atoms. The third kappa shape index (κ3) is 6.06. The Hall–Kier alpha value is -1.10. The second-order valence-electron chi connectivity index (χ2n) is 3.81. The van der Waals surface area contributed by atoms with Crippen LogP contribution in [-0.4, -0.2) is 30.1 Å². The maximum Gasteiger partial charge on any atom is 0.306 e. The van der Waals surface area contributed by atoms with E-state index in [9.17, 15) is 9.59 Å². The van der Waals surface area contributed by atoms with Crippen LogP contribution in [0.15, 0.2) is 0 Å². The van der Waals surface area contributed by atoms with Crippen molar-refractivity contribution < 1.29 is 14.7 Å². The molecule has 5 nitrogen and oxygen atoms in total. The van der Waals surface area contributed by atoms with Crippen LogP contribution in [0.4, 0.5) is 0 Å². The fourth-order valence-corrected chi connectivity index (χ4v) is 1.02. The Morgan fingerprint density at radius 2 is 1.93 bits per heavy atom. The normalized spacial score (nSPS) is 14.3. The number of nitrogens with two attached hydrogens (primary N) is 1. The van der Waals surface area contributed by atoms with E-state index < -0.39 is 5.97 Å². The van der Waals surface area contributed by atoms with Gasteiger partial charge in [0.1, 0.15) is 0 Å². The highest BCUT2D eigenvalue weighted by molar-refractivity contribution is 5.78. The molecular formula is C10H20N2O3. The van der Waals surface area contributed by atoms with Gasteiger partial charge in [0, 0.05) is 19.0 Å². The average Bonchev–Trinajstić information content (AvgIpc) is 2.22. The third-order valence-electron chi connectivity index (χ3n) is 2.34. The third-order valence-corrected chi connectivity index (χ3v) is 2.34. The largest absolute Gasteiger partial charge is 0.481 e. The molecule has 0 aliphatic heterocycles. The van der Waals surface area contributed by atoms with E-state index in [0.717, 1.165) is 0 Å². The second kappa shape index (κ2) is 7.23. The van der Waals surface area contributed by atoms with Gasteiger partial charge in [0.05, 0.1) is 5.92 Å². The molecule has 0 aromatic carbocycles. The van der Waals surface area contributed by atoms with Crippen LogP contribution in [0.5, 0.6) is 0 Å². The summed E-state index contributed by atoms with van der Waals surface area (Å²) in [4.78, 5) is 21.7. The van der Waals surface area contributed by atoms with Gasteiger partial charge in [-0.25, -0.2) is 0 Å².